The zero-order valence-corrected chi connectivity index (χ0v) is 12.5. The van der Waals surface area contributed by atoms with E-state index in [1.807, 2.05) is 13.0 Å². The molecule has 20 heavy (non-hydrogen) atoms. The number of carbonyl (C=O) groups is 1. The fourth-order valence-corrected chi connectivity index (χ4v) is 2.26. The molecule has 0 saturated heterocycles. The Bertz CT molecular complexity index is 530. The summed E-state index contributed by atoms with van der Waals surface area (Å²) in [4.78, 5) is 26.9. The van der Waals surface area contributed by atoms with Crippen molar-refractivity contribution in [2.45, 2.75) is 58.4 Å². The normalized spacial score (nSPS) is 16.2. The number of H-pyrrole nitrogens is 1. The van der Waals surface area contributed by atoms with Gasteiger partial charge in [0.15, 0.2) is 0 Å². The van der Waals surface area contributed by atoms with E-state index in [-0.39, 0.29) is 23.1 Å². The second kappa shape index (κ2) is 6.25. The maximum Gasteiger partial charge on any atom is 0.261 e. The number of amides is 1. The Hall–Kier alpha value is -1.58. The van der Waals surface area contributed by atoms with Crippen LogP contribution in [0.1, 0.15) is 68.4 Å². The first-order valence-corrected chi connectivity index (χ1v) is 7.51. The third-order valence-electron chi connectivity index (χ3n) is 3.75. The first-order valence-electron chi connectivity index (χ1n) is 7.51. The number of hydrogen-bond acceptors (Lipinski definition) is 2. The largest absolute Gasteiger partial charge is 0.349 e. The Morgan fingerprint density at radius 2 is 2.00 bits per heavy atom. The van der Waals surface area contributed by atoms with Gasteiger partial charge in [0.2, 0.25) is 0 Å². The van der Waals surface area contributed by atoms with Crippen molar-refractivity contribution in [1.82, 2.24) is 10.3 Å². The number of hydrogen-bond donors (Lipinski definition) is 2. The van der Waals surface area contributed by atoms with Crippen LogP contribution in [0.25, 0.3) is 0 Å². The van der Waals surface area contributed by atoms with Gasteiger partial charge in [-0.3, -0.25) is 9.59 Å². The van der Waals surface area contributed by atoms with Gasteiger partial charge in [0.1, 0.15) is 5.56 Å². The van der Waals surface area contributed by atoms with Crippen LogP contribution in [0, 0.1) is 5.92 Å². The third kappa shape index (κ3) is 3.95. The highest BCUT2D eigenvalue weighted by atomic mass is 16.2. The average molecular weight is 276 g/mol. The van der Waals surface area contributed by atoms with E-state index >= 15 is 0 Å². The van der Waals surface area contributed by atoms with Gasteiger partial charge in [0.05, 0.1) is 0 Å². The standard InChI is InChI=1S/C16H24N2O2/c1-10(2)4-5-11(3)17-15(19)13-8-9-14(12-6-7-12)18-16(13)20/h8-12H,4-7H2,1-3H3,(H,17,19)(H,18,20)/t11-/m0/s1. The van der Waals surface area contributed by atoms with Crippen molar-refractivity contribution in [1.29, 1.82) is 0 Å². The van der Waals surface area contributed by atoms with Crippen molar-refractivity contribution in [3.05, 3.63) is 33.7 Å². The molecule has 2 rings (SSSR count). The van der Waals surface area contributed by atoms with E-state index in [9.17, 15) is 9.59 Å². The summed E-state index contributed by atoms with van der Waals surface area (Å²) in [5.74, 6) is 0.838. The molecule has 4 nitrogen and oxygen atoms in total. The van der Waals surface area contributed by atoms with Crippen molar-refractivity contribution in [3.8, 4) is 0 Å². The van der Waals surface area contributed by atoms with Crippen LogP contribution in [0.4, 0.5) is 0 Å². The maximum absolute atomic E-state index is 12.1. The molecule has 1 aliphatic rings. The number of nitrogens with one attached hydrogen (secondary N) is 2. The molecular formula is C16H24N2O2. The van der Waals surface area contributed by atoms with E-state index in [2.05, 4.69) is 24.1 Å². The number of aromatic nitrogens is 1. The van der Waals surface area contributed by atoms with Crippen LogP contribution in [-0.2, 0) is 0 Å². The first kappa shape index (κ1) is 14.8. The molecule has 1 heterocycles. The monoisotopic (exact) mass is 276 g/mol. The predicted molar refractivity (Wildman–Crippen MR) is 80.0 cm³/mol. The highest BCUT2D eigenvalue weighted by Gasteiger charge is 2.25. The van der Waals surface area contributed by atoms with Crippen molar-refractivity contribution < 1.29 is 4.79 Å². The molecule has 1 aromatic heterocycles. The third-order valence-corrected chi connectivity index (χ3v) is 3.75. The molecule has 2 N–H and O–H groups in total. The minimum Gasteiger partial charge on any atom is -0.349 e. The minimum absolute atomic E-state index is 0.0902. The van der Waals surface area contributed by atoms with Gasteiger partial charge in [-0.25, -0.2) is 0 Å². The second-order valence-corrected chi connectivity index (χ2v) is 6.28. The average Bonchev–Trinajstić information content (AvgIpc) is 3.20. The van der Waals surface area contributed by atoms with E-state index in [0.29, 0.717) is 11.8 Å². The number of aromatic amines is 1. The van der Waals surface area contributed by atoms with Gasteiger partial charge in [0, 0.05) is 11.7 Å². The molecule has 0 radical (unpaired) electrons. The van der Waals surface area contributed by atoms with Gasteiger partial charge in [-0.05, 0) is 56.6 Å². The molecule has 4 heteroatoms. The molecule has 0 bridgehead atoms. The van der Waals surface area contributed by atoms with Crippen LogP contribution in [-0.4, -0.2) is 16.9 Å². The van der Waals surface area contributed by atoms with Crippen LogP contribution in [0.2, 0.25) is 0 Å². The summed E-state index contributed by atoms with van der Waals surface area (Å²) >= 11 is 0. The van der Waals surface area contributed by atoms with Crippen molar-refractivity contribution in [2.24, 2.45) is 5.92 Å². The van der Waals surface area contributed by atoms with Crippen molar-refractivity contribution in [3.63, 3.8) is 0 Å². The Morgan fingerprint density at radius 1 is 1.30 bits per heavy atom. The van der Waals surface area contributed by atoms with Gasteiger partial charge in [0.25, 0.3) is 11.5 Å². The summed E-state index contributed by atoms with van der Waals surface area (Å²) in [6, 6.07) is 3.61. The Balaban J connectivity index is 1.96. The minimum atomic E-state index is -0.275. The van der Waals surface area contributed by atoms with E-state index in [1.54, 1.807) is 6.07 Å². The maximum atomic E-state index is 12.1. The van der Waals surface area contributed by atoms with Crippen LogP contribution in [0.3, 0.4) is 0 Å². The van der Waals surface area contributed by atoms with Gasteiger partial charge in [-0.2, -0.15) is 0 Å². The smallest absolute Gasteiger partial charge is 0.261 e. The van der Waals surface area contributed by atoms with Gasteiger partial charge in [-0.1, -0.05) is 13.8 Å². The molecule has 1 aliphatic carbocycles. The lowest BCUT2D eigenvalue weighted by Crippen LogP contribution is -2.36. The second-order valence-electron chi connectivity index (χ2n) is 6.28. The topological polar surface area (TPSA) is 62.0 Å². The number of carbonyl (C=O) groups excluding carboxylic acids is 1. The molecule has 110 valence electrons. The van der Waals surface area contributed by atoms with E-state index in [0.717, 1.165) is 31.4 Å². The quantitative estimate of drug-likeness (QED) is 0.839. The highest BCUT2D eigenvalue weighted by molar-refractivity contribution is 5.93. The lowest BCUT2D eigenvalue weighted by atomic mass is 10.0. The van der Waals surface area contributed by atoms with Crippen LogP contribution < -0.4 is 10.9 Å². The van der Waals surface area contributed by atoms with Gasteiger partial charge >= 0.3 is 0 Å². The molecule has 1 saturated carbocycles. The molecule has 0 spiro atoms. The lowest BCUT2D eigenvalue weighted by Gasteiger charge is -2.15. The Labute approximate surface area is 120 Å². The van der Waals surface area contributed by atoms with Crippen LogP contribution in [0.5, 0.6) is 0 Å². The summed E-state index contributed by atoms with van der Waals surface area (Å²) in [5, 5.41) is 2.90. The predicted octanol–water partition coefficient (Wildman–Crippen LogP) is 2.81. The number of pyridine rings is 1. The Morgan fingerprint density at radius 3 is 2.55 bits per heavy atom. The summed E-state index contributed by atoms with van der Waals surface area (Å²) in [7, 11) is 0. The molecule has 1 amide bonds. The zero-order valence-electron chi connectivity index (χ0n) is 12.5. The van der Waals surface area contributed by atoms with Gasteiger partial charge in [-0.15, -0.1) is 0 Å². The summed E-state index contributed by atoms with van der Waals surface area (Å²) in [6.07, 6.45) is 4.27. The van der Waals surface area contributed by atoms with Crippen molar-refractivity contribution in [2.75, 3.05) is 0 Å². The molecule has 1 aromatic rings. The van der Waals surface area contributed by atoms with Gasteiger partial charge < -0.3 is 10.3 Å². The van der Waals surface area contributed by atoms with E-state index in [4.69, 9.17) is 0 Å². The SMILES string of the molecule is CC(C)CC[C@H](C)NC(=O)c1ccc(C2CC2)[nH]c1=O. The van der Waals surface area contributed by atoms with Crippen LogP contribution in [0.15, 0.2) is 16.9 Å². The number of rotatable bonds is 6. The van der Waals surface area contributed by atoms with Crippen LogP contribution >= 0.6 is 0 Å². The van der Waals surface area contributed by atoms with E-state index < -0.39 is 0 Å². The first-order chi connectivity index (χ1) is 9.47. The fourth-order valence-electron chi connectivity index (χ4n) is 2.26. The molecule has 1 fully saturated rings. The summed E-state index contributed by atoms with van der Waals surface area (Å²) in [5.41, 5.74) is 0.896. The zero-order chi connectivity index (χ0) is 14.7. The van der Waals surface area contributed by atoms with E-state index in [1.165, 1.54) is 0 Å². The molecule has 0 unspecified atom stereocenters. The molecule has 0 aromatic carbocycles. The molecule has 1 atom stereocenters. The molecular weight excluding hydrogens is 252 g/mol. The fraction of sp³-hybridized carbons (Fsp3) is 0.625. The van der Waals surface area contributed by atoms with Crippen molar-refractivity contribution >= 4 is 5.91 Å². The summed E-state index contributed by atoms with van der Waals surface area (Å²) < 4.78 is 0. The summed E-state index contributed by atoms with van der Waals surface area (Å²) in [6.45, 7) is 6.30. The Kier molecular flexibility index (Phi) is 4.63. The molecule has 0 aliphatic heterocycles. The highest BCUT2D eigenvalue weighted by Crippen LogP contribution is 2.38. The lowest BCUT2D eigenvalue weighted by molar-refractivity contribution is 0.0935.